The second-order valence-electron chi connectivity index (χ2n) is 5.19. The van der Waals surface area contributed by atoms with Gasteiger partial charge in [-0.15, -0.1) is 22.7 Å². The van der Waals surface area contributed by atoms with Crippen LogP contribution in [0.1, 0.15) is 23.0 Å². The molecule has 3 rings (SSSR count). The van der Waals surface area contributed by atoms with Gasteiger partial charge in [0.05, 0.1) is 6.04 Å². The van der Waals surface area contributed by atoms with Crippen LogP contribution in [0.15, 0.2) is 41.2 Å². The van der Waals surface area contributed by atoms with E-state index in [0.29, 0.717) is 6.54 Å². The molecule has 1 unspecified atom stereocenters. The van der Waals surface area contributed by atoms with Gasteiger partial charge in [0.15, 0.2) is 0 Å². The Balaban J connectivity index is 1.66. The topological polar surface area (TPSA) is 59.2 Å². The van der Waals surface area contributed by atoms with Crippen molar-refractivity contribution in [2.24, 2.45) is 5.73 Å². The molecule has 3 aromatic rings. The molecule has 2 heterocycles. The molecule has 0 fully saturated rings. The first-order chi connectivity index (χ1) is 10.6. The Labute approximate surface area is 137 Å². The van der Waals surface area contributed by atoms with E-state index in [-0.39, 0.29) is 18.4 Å². The molecule has 1 amide bonds. The number of hydrogen-bond donors (Lipinski definition) is 1. The van der Waals surface area contributed by atoms with Crippen LogP contribution < -0.4 is 5.73 Å². The lowest BCUT2D eigenvalue weighted by molar-refractivity contribution is -0.130. The quantitative estimate of drug-likeness (QED) is 0.779. The molecule has 0 spiro atoms. The van der Waals surface area contributed by atoms with Crippen molar-refractivity contribution < 1.29 is 4.79 Å². The van der Waals surface area contributed by atoms with Gasteiger partial charge < -0.3 is 10.6 Å². The average molecular weight is 331 g/mol. The van der Waals surface area contributed by atoms with Crippen molar-refractivity contribution in [1.82, 2.24) is 9.88 Å². The summed E-state index contributed by atoms with van der Waals surface area (Å²) in [6, 6.07) is 7.93. The third-order valence-electron chi connectivity index (χ3n) is 3.56. The first-order valence-corrected chi connectivity index (χ1v) is 8.75. The van der Waals surface area contributed by atoms with Gasteiger partial charge in [-0.05, 0) is 22.4 Å². The van der Waals surface area contributed by atoms with E-state index in [1.807, 2.05) is 24.6 Å². The molecule has 4 nitrogen and oxygen atoms in total. The molecule has 0 saturated heterocycles. The third kappa shape index (κ3) is 3.19. The summed E-state index contributed by atoms with van der Waals surface area (Å²) >= 11 is 3.20. The van der Waals surface area contributed by atoms with E-state index < -0.39 is 0 Å². The van der Waals surface area contributed by atoms with Gasteiger partial charge >= 0.3 is 0 Å². The summed E-state index contributed by atoms with van der Waals surface area (Å²) in [5, 5.41) is 6.02. The zero-order valence-electron chi connectivity index (χ0n) is 12.2. The first kappa shape index (κ1) is 15.1. The highest BCUT2D eigenvalue weighted by molar-refractivity contribution is 7.17. The Kier molecular flexibility index (Phi) is 4.52. The summed E-state index contributed by atoms with van der Waals surface area (Å²) in [4.78, 5) is 18.2. The summed E-state index contributed by atoms with van der Waals surface area (Å²) < 4.78 is 1.25. The normalized spacial score (nSPS) is 12.5. The maximum Gasteiger partial charge on any atom is 0.224 e. The molecular formula is C16H17N3OS2. The zero-order chi connectivity index (χ0) is 15.5. The van der Waals surface area contributed by atoms with E-state index in [2.05, 4.69) is 22.5 Å². The van der Waals surface area contributed by atoms with E-state index in [4.69, 9.17) is 5.73 Å². The molecule has 0 aliphatic carbocycles. The molecular weight excluding hydrogens is 314 g/mol. The fourth-order valence-electron chi connectivity index (χ4n) is 2.35. The molecule has 0 saturated carbocycles. The van der Waals surface area contributed by atoms with Crippen LogP contribution in [0.4, 0.5) is 0 Å². The van der Waals surface area contributed by atoms with Crippen molar-refractivity contribution in [1.29, 1.82) is 0 Å². The monoisotopic (exact) mass is 331 g/mol. The average Bonchev–Trinajstić information content (AvgIpc) is 3.17. The van der Waals surface area contributed by atoms with Crippen molar-refractivity contribution in [3.63, 3.8) is 0 Å². The molecule has 1 atom stereocenters. The summed E-state index contributed by atoms with van der Waals surface area (Å²) in [6.07, 6.45) is 2.00. The van der Waals surface area contributed by atoms with Crippen LogP contribution in [0, 0.1) is 0 Å². The van der Waals surface area contributed by atoms with Gasteiger partial charge in [0.2, 0.25) is 5.91 Å². The smallest absolute Gasteiger partial charge is 0.224 e. The van der Waals surface area contributed by atoms with Gasteiger partial charge in [0, 0.05) is 36.3 Å². The van der Waals surface area contributed by atoms with Crippen molar-refractivity contribution in [3.8, 4) is 0 Å². The highest BCUT2D eigenvalue weighted by Crippen LogP contribution is 2.27. The lowest BCUT2D eigenvalue weighted by Crippen LogP contribution is -2.29. The SMILES string of the molecule is CN(Cc1csc2ccccc12)C(=O)CC(N)c1nccs1. The third-order valence-corrected chi connectivity index (χ3v) is 5.48. The number of thiazole rings is 1. The molecule has 2 aromatic heterocycles. The number of benzene rings is 1. The second kappa shape index (κ2) is 6.56. The summed E-state index contributed by atoms with van der Waals surface area (Å²) in [6.45, 7) is 0.605. The van der Waals surface area contributed by atoms with Crippen LogP contribution in [0.25, 0.3) is 10.1 Å². The number of hydrogen-bond acceptors (Lipinski definition) is 5. The number of nitrogens with two attached hydrogens (primary N) is 1. The fourth-order valence-corrected chi connectivity index (χ4v) is 3.94. The van der Waals surface area contributed by atoms with Gasteiger partial charge in [-0.25, -0.2) is 4.98 Å². The maximum atomic E-state index is 12.3. The lowest BCUT2D eigenvalue weighted by Gasteiger charge is -2.18. The molecule has 0 bridgehead atoms. The number of aromatic nitrogens is 1. The van der Waals surface area contributed by atoms with Gasteiger partial charge in [0.1, 0.15) is 5.01 Å². The summed E-state index contributed by atoms with van der Waals surface area (Å²) in [7, 11) is 1.82. The molecule has 0 aliphatic heterocycles. The van der Waals surface area contributed by atoms with Gasteiger partial charge in [-0.2, -0.15) is 0 Å². The van der Waals surface area contributed by atoms with E-state index in [1.54, 1.807) is 22.4 Å². The first-order valence-electron chi connectivity index (χ1n) is 6.99. The van der Waals surface area contributed by atoms with Crippen molar-refractivity contribution in [2.45, 2.75) is 19.0 Å². The zero-order valence-corrected chi connectivity index (χ0v) is 13.9. The van der Waals surface area contributed by atoms with Crippen molar-refractivity contribution in [3.05, 3.63) is 51.8 Å². The predicted molar refractivity (Wildman–Crippen MR) is 92.0 cm³/mol. The molecule has 6 heteroatoms. The Morgan fingerprint density at radius 3 is 2.95 bits per heavy atom. The minimum absolute atomic E-state index is 0.0398. The van der Waals surface area contributed by atoms with E-state index >= 15 is 0 Å². The van der Waals surface area contributed by atoms with Crippen molar-refractivity contribution >= 4 is 38.7 Å². The van der Waals surface area contributed by atoms with Crippen LogP contribution in [0.2, 0.25) is 0 Å². The Morgan fingerprint density at radius 1 is 1.36 bits per heavy atom. The number of amides is 1. The van der Waals surface area contributed by atoms with Crippen LogP contribution in [-0.2, 0) is 11.3 Å². The van der Waals surface area contributed by atoms with E-state index in [9.17, 15) is 4.79 Å². The van der Waals surface area contributed by atoms with Crippen LogP contribution in [0.5, 0.6) is 0 Å². The van der Waals surface area contributed by atoms with Crippen molar-refractivity contribution in [2.75, 3.05) is 7.05 Å². The molecule has 114 valence electrons. The van der Waals surface area contributed by atoms with E-state index in [0.717, 1.165) is 5.01 Å². The highest BCUT2D eigenvalue weighted by Gasteiger charge is 2.18. The van der Waals surface area contributed by atoms with Gasteiger partial charge in [0.25, 0.3) is 0 Å². The number of rotatable bonds is 5. The minimum Gasteiger partial charge on any atom is -0.341 e. The standard InChI is InChI=1S/C16H17N3OS2/c1-19(15(20)8-13(17)16-18-6-7-21-16)9-11-10-22-14-5-3-2-4-12(11)14/h2-7,10,13H,8-9,17H2,1H3. The fraction of sp³-hybridized carbons (Fsp3) is 0.250. The highest BCUT2D eigenvalue weighted by atomic mass is 32.1. The predicted octanol–water partition coefficient (Wildman–Crippen LogP) is 3.41. The van der Waals surface area contributed by atoms with Crippen LogP contribution in [0.3, 0.4) is 0 Å². The van der Waals surface area contributed by atoms with Gasteiger partial charge in [-0.3, -0.25) is 4.79 Å². The molecule has 2 N–H and O–H groups in total. The molecule has 0 aliphatic rings. The van der Waals surface area contributed by atoms with Gasteiger partial charge in [-0.1, -0.05) is 18.2 Å². The Hall–Kier alpha value is -1.76. The number of carbonyl (C=O) groups excluding carboxylic acids is 1. The van der Waals surface area contributed by atoms with Crippen LogP contribution in [-0.4, -0.2) is 22.8 Å². The van der Waals surface area contributed by atoms with Crippen LogP contribution >= 0.6 is 22.7 Å². The molecule has 0 radical (unpaired) electrons. The maximum absolute atomic E-state index is 12.3. The summed E-state index contributed by atoms with van der Waals surface area (Å²) in [5.74, 6) is 0.0398. The number of carbonyl (C=O) groups is 1. The number of fused-ring (bicyclic) bond motifs is 1. The summed E-state index contributed by atoms with van der Waals surface area (Å²) in [5.41, 5.74) is 7.22. The number of thiophene rings is 1. The molecule has 22 heavy (non-hydrogen) atoms. The largest absolute Gasteiger partial charge is 0.341 e. The Bertz CT molecular complexity index is 767. The second-order valence-corrected chi connectivity index (χ2v) is 7.03. The Morgan fingerprint density at radius 2 is 2.18 bits per heavy atom. The van der Waals surface area contributed by atoms with E-state index in [1.165, 1.54) is 27.0 Å². The minimum atomic E-state index is -0.325. The lowest BCUT2D eigenvalue weighted by atomic mass is 10.1. The number of nitrogens with zero attached hydrogens (tertiary/aromatic N) is 2. The molecule has 1 aromatic carbocycles.